The highest BCUT2D eigenvalue weighted by Gasteiger charge is 2.47. The zero-order valence-corrected chi connectivity index (χ0v) is 19.8. The lowest BCUT2D eigenvalue weighted by atomic mass is 9.81. The molecule has 182 valence electrons. The molecule has 0 saturated carbocycles. The van der Waals surface area contributed by atoms with Gasteiger partial charge < -0.3 is 4.74 Å². The van der Waals surface area contributed by atoms with Crippen LogP contribution in [0.1, 0.15) is 40.4 Å². The first-order valence-electron chi connectivity index (χ1n) is 10.8. The van der Waals surface area contributed by atoms with E-state index in [4.69, 9.17) is 4.74 Å². The number of sulfone groups is 1. The molecule has 0 amide bonds. The molecule has 0 aliphatic heterocycles. The van der Waals surface area contributed by atoms with Crippen molar-refractivity contribution in [2.45, 2.75) is 24.3 Å². The zero-order valence-electron chi connectivity index (χ0n) is 19.0. The first kappa shape index (κ1) is 24.7. The van der Waals surface area contributed by atoms with Crippen LogP contribution in [0.15, 0.2) is 73.0 Å². The van der Waals surface area contributed by atoms with Crippen LogP contribution in [0, 0.1) is 0 Å². The van der Waals surface area contributed by atoms with Crippen LogP contribution in [0.3, 0.4) is 0 Å². The zero-order chi connectivity index (χ0) is 25.4. The summed E-state index contributed by atoms with van der Waals surface area (Å²) in [4.78, 5) is 16.9. The molecular formula is C26H22F3NO4S. The van der Waals surface area contributed by atoms with Crippen molar-refractivity contribution in [2.75, 3.05) is 12.9 Å². The maximum absolute atomic E-state index is 13.8. The van der Waals surface area contributed by atoms with Crippen molar-refractivity contribution in [3.63, 3.8) is 0 Å². The van der Waals surface area contributed by atoms with Crippen LogP contribution in [0.2, 0.25) is 0 Å². The van der Waals surface area contributed by atoms with Gasteiger partial charge in [0.05, 0.1) is 23.3 Å². The lowest BCUT2D eigenvalue weighted by Crippen LogP contribution is -2.37. The Labute approximate surface area is 200 Å². The Morgan fingerprint density at radius 1 is 1.11 bits per heavy atom. The van der Waals surface area contributed by atoms with Gasteiger partial charge in [0, 0.05) is 29.8 Å². The summed E-state index contributed by atoms with van der Waals surface area (Å²) >= 11 is 0. The lowest BCUT2D eigenvalue weighted by molar-refractivity contribution is -0.136. The number of fused-ring (bicyclic) bond motifs is 1. The molecule has 35 heavy (non-hydrogen) atoms. The highest BCUT2D eigenvalue weighted by Crippen LogP contribution is 2.48. The van der Waals surface area contributed by atoms with E-state index in [1.54, 1.807) is 31.2 Å². The number of benzene rings is 2. The van der Waals surface area contributed by atoms with E-state index in [9.17, 15) is 26.4 Å². The van der Waals surface area contributed by atoms with E-state index >= 15 is 0 Å². The van der Waals surface area contributed by atoms with Gasteiger partial charge in [0.1, 0.15) is 4.75 Å². The van der Waals surface area contributed by atoms with Gasteiger partial charge in [-0.3, -0.25) is 4.98 Å². The number of hydrogen-bond acceptors (Lipinski definition) is 5. The van der Waals surface area contributed by atoms with Crippen LogP contribution in [-0.2, 0) is 25.5 Å². The molecule has 2 aromatic carbocycles. The van der Waals surface area contributed by atoms with Gasteiger partial charge in [-0.15, -0.1) is 0 Å². The molecule has 1 heterocycles. The quantitative estimate of drug-likeness (QED) is 0.419. The number of para-hydroxylation sites is 1. The minimum atomic E-state index is -4.73. The van der Waals surface area contributed by atoms with Crippen LogP contribution in [-0.4, -0.2) is 32.2 Å². The number of nitrogens with zero attached hydrogens (tertiary/aromatic N) is 1. The van der Waals surface area contributed by atoms with Gasteiger partial charge in [-0.1, -0.05) is 60.7 Å². The van der Waals surface area contributed by atoms with Crippen molar-refractivity contribution >= 4 is 32.3 Å². The Balaban J connectivity index is 2.10. The van der Waals surface area contributed by atoms with E-state index in [1.165, 1.54) is 18.2 Å². The Morgan fingerprint density at radius 3 is 2.46 bits per heavy atom. The number of carbonyl (C=O) groups is 1. The summed E-state index contributed by atoms with van der Waals surface area (Å²) < 4.78 is 71.7. The highest BCUT2D eigenvalue weighted by molar-refractivity contribution is 7.91. The van der Waals surface area contributed by atoms with Crippen LogP contribution < -0.4 is 0 Å². The molecule has 0 radical (unpaired) electrons. The first-order chi connectivity index (χ1) is 16.5. The molecule has 3 aromatic rings. The van der Waals surface area contributed by atoms with Crippen LogP contribution >= 0.6 is 0 Å². The number of aromatic nitrogens is 1. The first-order valence-corrected chi connectivity index (χ1v) is 12.7. The van der Waals surface area contributed by atoms with E-state index in [-0.39, 0.29) is 29.5 Å². The highest BCUT2D eigenvalue weighted by atomic mass is 32.2. The minimum Gasteiger partial charge on any atom is -0.462 e. The number of halogens is 3. The van der Waals surface area contributed by atoms with Crippen LogP contribution in [0.4, 0.5) is 13.2 Å². The average molecular weight is 502 g/mol. The second kappa shape index (κ2) is 8.96. The predicted molar refractivity (Wildman–Crippen MR) is 127 cm³/mol. The monoisotopic (exact) mass is 501 g/mol. The third-order valence-electron chi connectivity index (χ3n) is 6.04. The molecule has 1 aromatic heterocycles. The summed E-state index contributed by atoms with van der Waals surface area (Å²) in [6, 6.07) is 12.5. The number of ether oxygens (including phenoxy) is 1. The van der Waals surface area contributed by atoms with Gasteiger partial charge in [0.15, 0.2) is 9.84 Å². The van der Waals surface area contributed by atoms with Gasteiger partial charge in [-0.2, -0.15) is 13.2 Å². The molecule has 9 heteroatoms. The SMILES string of the molecule is CCOC(=O)c1cnc2c(C(F)(F)F)cccc2c1C1(S(C)(=O)=O)C=CC=C(c2ccccc2)C1. The number of allylic oxidation sites excluding steroid dienone is 3. The number of carbonyl (C=O) groups excluding carboxylic acids is 1. The summed E-state index contributed by atoms with van der Waals surface area (Å²) in [5, 5.41) is -0.0743. The molecule has 0 spiro atoms. The Bertz CT molecular complexity index is 1460. The van der Waals surface area contributed by atoms with Crippen molar-refractivity contribution in [2.24, 2.45) is 0 Å². The Kier molecular flexibility index (Phi) is 6.31. The van der Waals surface area contributed by atoms with E-state index in [0.717, 1.165) is 24.1 Å². The number of pyridine rings is 1. The van der Waals surface area contributed by atoms with E-state index in [2.05, 4.69) is 4.98 Å². The molecule has 0 fully saturated rings. The predicted octanol–water partition coefficient (Wildman–Crippen LogP) is 5.71. The fourth-order valence-electron chi connectivity index (χ4n) is 4.45. The fraction of sp³-hybridized carbons (Fsp3) is 0.231. The van der Waals surface area contributed by atoms with Gasteiger partial charge in [-0.25, -0.2) is 13.2 Å². The van der Waals surface area contributed by atoms with E-state index < -0.39 is 37.8 Å². The summed E-state index contributed by atoms with van der Waals surface area (Å²) in [5.74, 6) is -0.860. The van der Waals surface area contributed by atoms with Crippen molar-refractivity contribution < 1.29 is 31.1 Å². The molecule has 4 rings (SSSR count). The van der Waals surface area contributed by atoms with Crippen LogP contribution in [0.25, 0.3) is 16.5 Å². The summed E-state index contributed by atoms with van der Waals surface area (Å²) in [6.07, 6.45) is 1.91. The van der Waals surface area contributed by atoms with Crippen molar-refractivity contribution in [3.05, 3.63) is 95.2 Å². The molecular weight excluding hydrogens is 479 g/mol. The molecule has 1 aliphatic carbocycles. The molecule has 1 atom stereocenters. The second-order valence-corrected chi connectivity index (χ2v) is 10.5. The largest absolute Gasteiger partial charge is 0.462 e. The number of hydrogen-bond donors (Lipinski definition) is 0. The van der Waals surface area contributed by atoms with Gasteiger partial charge in [-0.05, 0) is 24.1 Å². The topological polar surface area (TPSA) is 73.3 Å². The Morgan fingerprint density at radius 2 is 1.83 bits per heavy atom. The van der Waals surface area contributed by atoms with Gasteiger partial charge in [0.2, 0.25) is 0 Å². The molecule has 0 saturated heterocycles. The van der Waals surface area contributed by atoms with Gasteiger partial charge >= 0.3 is 12.1 Å². The maximum atomic E-state index is 13.8. The third-order valence-corrected chi connectivity index (χ3v) is 7.85. The van der Waals surface area contributed by atoms with Crippen LogP contribution in [0.5, 0.6) is 0 Å². The standard InChI is InChI=1S/C26H22F3NO4S/c1-3-34-24(31)20-16-30-23-19(12-7-13-21(23)26(27,28)29)22(20)25(35(2,32)33)14-8-11-18(15-25)17-9-5-4-6-10-17/h4-14,16H,3,15H2,1-2H3. The molecule has 1 unspecified atom stereocenters. The molecule has 1 aliphatic rings. The van der Waals surface area contributed by atoms with Crippen molar-refractivity contribution in [3.8, 4) is 0 Å². The van der Waals surface area contributed by atoms with Crippen molar-refractivity contribution in [1.82, 2.24) is 4.98 Å². The smallest absolute Gasteiger partial charge is 0.418 e. The fourth-order valence-corrected chi connectivity index (χ4v) is 5.79. The van der Waals surface area contributed by atoms with Crippen molar-refractivity contribution in [1.29, 1.82) is 0 Å². The molecule has 0 N–H and O–H groups in total. The Hall–Kier alpha value is -3.46. The summed E-state index contributed by atoms with van der Waals surface area (Å²) in [7, 11) is -4.04. The summed E-state index contributed by atoms with van der Waals surface area (Å²) in [5.41, 5.74) is -0.304. The van der Waals surface area contributed by atoms with E-state index in [0.29, 0.717) is 5.57 Å². The molecule has 0 bridgehead atoms. The van der Waals surface area contributed by atoms with E-state index in [1.807, 2.05) is 18.2 Å². The second-order valence-electron chi connectivity index (χ2n) is 8.22. The average Bonchev–Trinajstić information content (AvgIpc) is 2.82. The van der Waals surface area contributed by atoms with Gasteiger partial charge in [0.25, 0.3) is 0 Å². The number of alkyl halides is 3. The number of rotatable bonds is 5. The lowest BCUT2D eigenvalue weighted by Gasteiger charge is -2.35. The normalized spacial score (nSPS) is 18.4. The minimum absolute atomic E-state index is 0.00418. The number of esters is 1. The summed E-state index contributed by atoms with van der Waals surface area (Å²) in [6.45, 7) is 1.58. The maximum Gasteiger partial charge on any atom is 0.418 e. The third kappa shape index (κ3) is 4.36. The molecule has 5 nitrogen and oxygen atoms in total.